The molecule has 0 aliphatic rings. The summed E-state index contributed by atoms with van der Waals surface area (Å²) in [7, 11) is 0. The monoisotopic (exact) mass is 438 g/mol. The van der Waals surface area contributed by atoms with Crippen LogP contribution >= 0.6 is 0 Å². The van der Waals surface area contributed by atoms with Crippen LogP contribution in [0, 0.1) is 0 Å². The second-order valence-corrected chi connectivity index (χ2v) is 9.75. The molecule has 0 spiro atoms. The van der Waals surface area contributed by atoms with E-state index in [1.807, 2.05) is 12.1 Å². The van der Waals surface area contributed by atoms with Crippen LogP contribution in [0.15, 0.2) is 60.7 Å². The van der Waals surface area contributed by atoms with Gasteiger partial charge in [0.1, 0.15) is 5.78 Å². The van der Waals surface area contributed by atoms with Gasteiger partial charge in [-0.2, -0.15) is 0 Å². The standard InChI is InChI=1S/C29H42O3/c1-28(21-23-30,25-13-5-3-6-14-25)19-11-9-17-27(32)18-10-12-20-29(2,22-24-31)26-15-7-4-8-16-26/h3-8,13-16,30-31H,9-12,17-24H2,1-2H3. The zero-order valence-electron chi connectivity index (χ0n) is 20.1. The molecule has 32 heavy (non-hydrogen) atoms. The van der Waals surface area contributed by atoms with Crippen molar-refractivity contribution in [3.8, 4) is 0 Å². The summed E-state index contributed by atoms with van der Waals surface area (Å²) in [6, 6.07) is 20.8. The quantitative estimate of drug-likeness (QED) is 0.300. The van der Waals surface area contributed by atoms with Gasteiger partial charge in [-0.15, -0.1) is 0 Å². The van der Waals surface area contributed by atoms with Crippen molar-refractivity contribution in [3.05, 3.63) is 71.8 Å². The molecular weight excluding hydrogens is 396 g/mol. The normalized spacial score (nSPS) is 15.1. The zero-order valence-corrected chi connectivity index (χ0v) is 20.1. The summed E-state index contributed by atoms with van der Waals surface area (Å²) >= 11 is 0. The summed E-state index contributed by atoms with van der Waals surface area (Å²) in [4.78, 5) is 12.4. The fourth-order valence-electron chi connectivity index (χ4n) is 4.80. The number of unbranched alkanes of at least 4 members (excludes halogenated alkanes) is 2. The van der Waals surface area contributed by atoms with E-state index < -0.39 is 0 Å². The molecule has 0 radical (unpaired) electrons. The molecule has 0 aromatic heterocycles. The molecule has 3 heteroatoms. The molecule has 0 fully saturated rings. The van der Waals surface area contributed by atoms with Gasteiger partial charge in [0.25, 0.3) is 0 Å². The van der Waals surface area contributed by atoms with E-state index in [1.54, 1.807) is 0 Å². The SMILES string of the molecule is CC(CCO)(CCCCC(=O)CCCCC(C)(CCO)c1ccccc1)c1ccccc1. The Labute approximate surface area is 194 Å². The summed E-state index contributed by atoms with van der Waals surface area (Å²) in [6.45, 7) is 4.80. The van der Waals surface area contributed by atoms with Crippen molar-refractivity contribution in [1.29, 1.82) is 0 Å². The third-order valence-electron chi connectivity index (χ3n) is 7.14. The number of aliphatic hydroxyl groups is 2. The molecule has 3 nitrogen and oxygen atoms in total. The Kier molecular flexibility index (Phi) is 11.1. The maximum Gasteiger partial charge on any atom is 0.132 e. The zero-order chi connectivity index (χ0) is 23.3. The minimum atomic E-state index is -0.0341. The predicted octanol–water partition coefficient (Wildman–Crippen LogP) is 6.36. The van der Waals surface area contributed by atoms with E-state index in [1.165, 1.54) is 11.1 Å². The first-order valence-electron chi connectivity index (χ1n) is 12.3. The number of carbonyl (C=O) groups excluding carboxylic acids is 1. The molecule has 0 amide bonds. The van der Waals surface area contributed by atoms with Gasteiger partial charge in [0.15, 0.2) is 0 Å². The molecule has 0 aliphatic heterocycles. The van der Waals surface area contributed by atoms with E-state index in [0.717, 1.165) is 51.4 Å². The van der Waals surface area contributed by atoms with Crippen LogP contribution in [-0.4, -0.2) is 29.2 Å². The van der Waals surface area contributed by atoms with E-state index in [0.29, 0.717) is 18.6 Å². The lowest BCUT2D eigenvalue weighted by Gasteiger charge is -2.30. The molecular formula is C29H42O3. The third-order valence-corrected chi connectivity index (χ3v) is 7.14. The summed E-state index contributed by atoms with van der Waals surface area (Å²) in [5.74, 6) is 0.358. The largest absolute Gasteiger partial charge is 0.396 e. The highest BCUT2D eigenvalue weighted by Gasteiger charge is 2.26. The second-order valence-electron chi connectivity index (χ2n) is 9.75. The smallest absolute Gasteiger partial charge is 0.132 e. The number of aliphatic hydroxyl groups excluding tert-OH is 2. The number of hydrogen-bond donors (Lipinski definition) is 2. The highest BCUT2D eigenvalue weighted by Crippen LogP contribution is 2.34. The summed E-state index contributed by atoms with van der Waals surface area (Å²) in [5, 5.41) is 19.0. The first kappa shape index (κ1) is 26.3. The molecule has 2 unspecified atom stereocenters. The van der Waals surface area contributed by atoms with Crippen molar-refractivity contribution >= 4 is 5.78 Å². The molecule has 2 atom stereocenters. The van der Waals surface area contributed by atoms with Gasteiger partial charge < -0.3 is 10.2 Å². The van der Waals surface area contributed by atoms with Gasteiger partial charge in [-0.25, -0.2) is 0 Å². The fraction of sp³-hybridized carbons (Fsp3) is 0.552. The van der Waals surface area contributed by atoms with E-state index in [9.17, 15) is 15.0 Å². The molecule has 2 aromatic rings. The Hall–Kier alpha value is -1.97. The molecule has 2 aromatic carbocycles. The third kappa shape index (κ3) is 8.18. The van der Waals surface area contributed by atoms with E-state index in [-0.39, 0.29) is 24.0 Å². The van der Waals surface area contributed by atoms with E-state index in [2.05, 4.69) is 62.4 Å². The number of rotatable bonds is 16. The lowest BCUT2D eigenvalue weighted by atomic mass is 9.75. The van der Waals surface area contributed by atoms with E-state index in [4.69, 9.17) is 0 Å². The molecule has 0 saturated heterocycles. The van der Waals surface area contributed by atoms with Gasteiger partial charge in [0, 0.05) is 26.1 Å². The van der Waals surface area contributed by atoms with Crippen molar-refractivity contribution in [1.82, 2.24) is 0 Å². The van der Waals surface area contributed by atoms with Crippen molar-refractivity contribution in [3.63, 3.8) is 0 Å². The van der Waals surface area contributed by atoms with Crippen LogP contribution in [0.2, 0.25) is 0 Å². The molecule has 0 saturated carbocycles. The lowest BCUT2D eigenvalue weighted by Crippen LogP contribution is -2.23. The van der Waals surface area contributed by atoms with Gasteiger partial charge in [0.05, 0.1) is 0 Å². The average molecular weight is 439 g/mol. The Balaban J connectivity index is 1.71. The Bertz CT molecular complexity index is 708. The van der Waals surface area contributed by atoms with Crippen molar-refractivity contribution < 1.29 is 15.0 Å². The Morgan fingerprint density at radius 2 is 1.00 bits per heavy atom. The van der Waals surface area contributed by atoms with Crippen LogP contribution in [0.5, 0.6) is 0 Å². The molecule has 0 heterocycles. The average Bonchev–Trinajstić information content (AvgIpc) is 2.81. The van der Waals surface area contributed by atoms with Gasteiger partial charge >= 0.3 is 0 Å². The predicted molar refractivity (Wildman–Crippen MR) is 133 cm³/mol. The highest BCUT2D eigenvalue weighted by molar-refractivity contribution is 5.78. The molecule has 2 N–H and O–H groups in total. The number of Topliss-reactive ketones (excluding diaryl/α,β-unsaturated/α-hetero) is 1. The van der Waals surface area contributed by atoms with Crippen molar-refractivity contribution in [2.45, 2.75) is 88.9 Å². The van der Waals surface area contributed by atoms with Gasteiger partial charge in [-0.1, -0.05) is 87.4 Å². The first-order chi connectivity index (χ1) is 15.4. The number of ketones is 1. The summed E-state index contributed by atoms with van der Waals surface area (Å²) in [6.07, 6.45) is 8.60. The minimum Gasteiger partial charge on any atom is -0.396 e. The fourth-order valence-corrected chi connectivity index (χ4v) is 4.80. The highest BCUT2D eigenvalue weighted by atomic mass is 16.3. The maximum absolute atomic E-state index is 12.4. The molecule has 0 aliphatic carbocycles. The second kappa shape index (κ2) is 13.5. The van der Waals surface area contributed by atoms with Crippen LogP contribution in [0.1, 0.15) is 89.2 Å². The number of carbonyl (C=O) groups is 1. The van der Waals surface area contributed by atoms with Crippen LogP contribution < -0.4 is 0 Å². The Morgan fingerprint density at radius 1 is 0.625 bits per heavy atom. The van der Waals surface area contributed by atoms with Crippen LogP contribution in [0.4, 0.5) is 0 Å². The van der Waals surface area contributed by atoms with Gasteiger partial charge in [-0.3, -0.25) is 4.79 Å². The van der Waals surface area contributed by atoms with E-state index >= 15 is 0 Å². The Morgan fingerprint density at radius 3 is 1.34 bits per heavy atom. The lowest BCUT2D eigenvalue weighted by molar-refractivity contribution is -0.119. The minimum absolute atomic E-state index is 0.0341. The maximum atomic E-state index is 12.4. The summed E-state index contributed by atoms with van der Waals surface area (Å²) < 4.78 is 0. The molecule has 0 bridgehead atoms. The van der Waals surface area contributed by atoms with Crippen molar-refractivity contribution in [2.75, 3.05) is 13.2 Å². The van der Waals surface area contributed by atoms with Crippen LogP contribution in [0.3, 0.4) is 0 Å². The van der Waals surface area contributed by atoms with Gasteiger partial charge in [-0.05, 0) is 60.5 Å². The molecule has 176 valence electrons. The van der Waals surface area contributed by atoms with Crippen molar-refractivity contribution in [2.24, 2.45) is 0 Å². The van der Waals surface area contributed by atoms with Gasteiger partial charge in [0.2, 0.25) is 0 Å². The van der Waals surface area contributed by atoms with Crippen LogP contribution in [-0.2, 0) is 15.6 Å². The first-order valence-corrected chi connectivity index (χ1v) is 12.3. The molecule has 2 rings (SSSR count). The van der Waals surface area contributed by atoms with Crippen LogP contribution in [0.25, 0.3) is 0 Å². The number of hydrogen-bond acceptors (Lipinski definition) is 3. The number of benzene rings is 2. The topological polar surface area (TPSA) is 57.5 Å². The summed E-state index contributed by atoms with van der Waals surface area (Å²) in [5.41, 5.74) is 2.47.